The maximum absolute atomic E-state index is 13.0. The number of amides is 1. The van der Waals surface area contributed by atoms with Crippen molar-refractivity contribution in [1.82, 2.24) is 4.90 Å². The molecular weight excluding hydrogens is 247 g/mol. The fraction of sp³-hybridized carbons (Fsp3) is 0.143. The van der Waals surface area contributed by atoms with Crippen LogP contribution in [0, 0.1) is 11.0 Å². The topological polar surface area (TPSA) is 47.2 Å². The number of carbonyl (C=O) groups is 1. The molecule has 0 N–H and O–H groups in total. The molecule has 0 spiro atoms. The predicted octanol–water partition coefficient (Wildman–Crippen LogP) is 1.73. The van der Waals surface area contributed by atoms with E-state index in [1.807, 2.05) is 0 Å². The minimum absolute atomic E-state index is 0.218. The molecule has 0 saturated heterocycles. The zero-order chi connectivity index (χ0) is 13.8. The van der Waals surface area contributed by atoms with Crippen LogP contribution in [0.1, 0.15) is 15.9 Å². The van der Waals surface area contributed by atoms with Gasteiger partial charge in [0, 0.05) is 25.7 Å². The van der Waals surface area contributed by atoms with Gasteiger partial charge in [0.25, 0.3) is 5.91 Å². The highest BCUT2D eigenvalue weighted by Crippen LogP contribution is 2.09. The summed E-state index contributed by atoms with van der Waals surface area (Å²) in [6.07, 6.45) is 2.53. The Morgan fingerprint density at radius 1 is 1.32 bits per heavy atom. The van der Waals surface area contributed by atoms with Gasteiger partial charge in [0.05, 0.1) is 5.56 Å². The van der Waals surface area contributed by atoms with Crippen LogP contribution in [-0.2, 0) is 6.54 Å². The number of rotatable bonds is 3. The lowest BCUT2D eigenvalue weighted by molar-refractivity contribution is -0.605. The van der Waals surface area contributed by atoms with E-state index in [0.29, 0.717) is 22.4 Å². The normalized spacial score (nSPS) is 10.2. The van der Waals surface area contributed by atoms with E-state index in [4.69, 9.17) is 0 Å². The van der Waals surface area contributed by atoms with Crippen molar-refractivity contribution >= 4 is 5.91 Å². The van der Waals surface area contributed by atoms with Crippen molar-refractivity contribution in [3.63, 3.8) is 0 Å². The number of hydrogen-bond donors (Lipinski definition) is 0. The van der Waals surface area contributed by atoms with Gasteiger partial charge in [-0.1, -0.05) is 12.1 Å². The molecule has 2 aromatic rings. The Kier molecular flexibility index (Phi) is 3.75. The molecule has 1 amide bonds. The van der Waals surface area contributed by atoms with E-state index in [0.717, 1.165) is 0 Å². The lowest BCUT2D eigenvalue weighted by Crippen LogP contribution is -2.29. The molecule has 2 rings (SSSR count). The SMILES string of the molecule is CN(Cc1cccc(F)c1)C(=O)c1cc[n+]([O-])cc1. The summed E-state index contributed by atoms with van der Waals surface area (Å²) in [5.74, 6) is -0.546. The first kappa shape index (κ1) is 13.0. The maximum Gasteiger partial charge on any atom is 0.254 e. The average Bonchev–Trinajstić information content (AvgIpc) is 2.39. The van der Waals surface area contributed by atoms with Crippen molar-refractivity contribution in [2.45, 2.75) is 6.54 Å². The second kappa shape index (κ2) is 5.48. The molecule has 4 nitrogen and oxygen atoms in total. The second-order valence-corrected chi connectivity index (χ2v) is 4.24. The third-order valence-electron chi connectivity index (χ3n) is 2.70. The van der Waals surface area contributed by atoms with Crippen LogP contribution in [0.5, 0.6) is 0 Å². The number of hydrogen-bond acceptors (Lipinski definition) is 2. The Morgan fingerprint density at radius 3 is 2.63 bits per heavy atom. The molecule has 1 heterocycles. The average molecular weight is 260 g/mol. The molecule has 19 heavy (non-hydrogen) atoms. The van der Waals surface area contributed by atoms with Gasteiger partial charge in [0.15, 0.2) is 12.4 Å². The fourth-order valence-corrected chi connectivity index (χ4v) is 1.76. The molecule has 0 fully saturated rings. The van der Waals surface area contributed by atoms with Gasteiger partial charge >= 0.3 is 0 Å². The van der Waals surface area contributed by atoms with Gasteiger partial charge in [-0.3, -0.25) is 4.79 Å². The van der Waals surface area contributed by atoms with Gasteiger partial charge < -0.3 is 10.1 Å². The zero-order valence-electron chi connectivity index (χ0n) is 10.4. The number of aromatic nitrogens is 1. The van der Waals surface area contributed by atoms with E-state index in [9.17, 15) is 14.4 Å². The quantitative estimate of drug-likeness (QED) is 0.623. The molecule has 0 aliphatic rings. The highest BCUT2D eigenvalue weighted by molar-refractivity contribution is 5.93. The Hall–Kier alpha value is -2.43. The van der Waals surface area contributed by atoms with Gasteiger partial charge in [0.2, 0.25) is 0 Å². The van der Waals surface area contributed by atoms with Crippen molar-refractivity contribution in [1.29, 1.82) is 0 Å². The number of benzene rings is 1. The standard InChI is InChI=1S/C14H13FN2O2/c1-16(10-11-3-2-4-13(15)9-11)14(18)12-5-7-17(19)8-6-12/h2-9H,10H2,1H3. The van der Waals surface area contributed by atoms with Crippen LogP contribution in [0.2, 0.25) is 0 Å². The van der Waals surface area contributed by atoms with Crippen LogP contribution in [-0.4, -0.2) is 17.9 Å². The molecule has 0 radical (unpaired) electrons. The van der Waals surface area contributed by atoms with Crippen molar-refractivity contribution in [3.8, 4) is 0 Å². The van der Waals surface area contributed by atoms with E-state index >= 15 is 0 Å². The predicted molar refractivity (Wildman–Crippen MR) is 67.6 cm³/mol. The molecule has 0 aliphatic carbocycles. The molecule has 1 aromatic heterocycles. The first-order valence-corrected chi connectivity index (χ1v) is 5.75. The van der Waals surface area contributed by atoms with Gasteiger partial charge in [0.1, 0.15) is 5.82 Å². The number of carbonyl (C=O) groups excluding carboxylic acids is 1. The molecule has 98 valence electrons. The van der Waals surface area contributed by atoms with Gasteiger partial charge in [-0.25, -0.2) is 4.39 Å². The van der Waals surface area contributed by atoms with E-state index in [2.05, 4.69) is 0 Å². The highest BCUT2D eigenvalue weighted by Gasteiger charge is 2.13. The lowest BCUT2D eigenvalue weighted by atomic mass is 10.2. The summed E-state index contributed by atoms with van der Waals surface area (Å²) in [4.78, 5) is 13.5. The molecule has 0 unspecified atom stereocenters. The molecule has 0 atom stereocenters. The Morgan fingerprint density at radius 2 is 2.00 bits per heavy atom. The van der Waals surface area contributed by atoms with E-state index in [1.165, 1.54) is 41.6 Å². The summed E-state index contributed by atoms with van der Waals surface area (Å²) in [6, 6.07) is 9.01. The van der Waals surface area contributed by atoms with Crippen molar-refractivity contribution in [2.75, 3.05) is 7.05 Å². The number of nitrogens with zero attached hydrogens (tertiary/aromatic N) is 2. The third kappa shape index (κ3) is 3.28. The van der Waals surface area contributed by atoms with Crippen LogP contribution < -0.4 is 4.73 Å². The smallest absolute Gasteiger partial charge is 0.254 e. The van der Waals surface area contributed by atoms with Crippen molar-refractivity contribution < 1.29 is 13.9 Å². The van der Waals surface area contributed by atoms with Crippen molar-refractivity contribution in [3.05, 3.63) is 70.9 Å². The molecular formula is C14H13FN2O2. The summed E-state index contributed by atoms with van der Waals surface area (Å²) < 4.78 is 13.7. The van der Waals surface area contributed by atoms with Gasteiger partial charge in [-0.15, -0.1) is 0 Å². The Bertz CT molecular complexity index is 584. The summed E-state index contributed by atoms with van der Waals surface area (Å²) in [5.41, 5.74) is 1.14. The number of halogens is 1. The lowest BCUT2D eigenvalue weighted by Gasteiger charge is -2.17. The molecule has 0 saturated carbocycles. The monoisotopic (exact) mass is 260 g/mol. The van der Waals surface area contributed by atoms with Crippen LogP contribution in [0.15, 0.2) is 48.8 Å². The van der Waals surface area contributed by atoms with Crippen molar-refractivity contribution in [2.24, 2.45) is 0 Å². The summed E-state index contributed by atoms with van der Waals surface area (Å²) >= 11 is 0. The Labute approximate surface area is 110 Å². The molecule has 0 aliphatic heterocycles. The maximum atomic E-state index is 13.0. The van der Waals surface area contributed by atoms with Crippen LogP contribution >= 0.6 is 0 Å². The molecule has 1 aromatic carbocycles. The third-order valence-corrected chi connectivity index (χ3v) is 2.70. The van der Waals surface area contributed by atoms with E-state index in [-0.39, 0.29) is 11.7 Å². The minimum Gasteiger partial charge on any atom is -0.619 e. The zero-order valence-corrected chi connectivity index (χ0v) is 10.4. The van der Waals surface area contributed by atoms with E-state index in [1.54, 1.807) is 19.2 Å². The highest BCUT2D eigenvalue weighted by atomic mass is 19.1. The van der Waals surface area contributed by atoms with Crippen LogP contribution in [0.4, 0.5) is 4.39 Å². The minimum atomic E-state index is -0.328. The van der Waals surface area contributed by atoms with E-state index < -0.39 is 0 Å². The van der Waals surface area contributed by atoms with Crippen LogP contribution in [0.3, 0.4) is 0 Å². The van der Waals surface area contributed by atoms with Crippen LogP contribution in [0.25, 0.3) is 0 Å². The molecule has 5 heteroatoms. The summed E-state index contributed by atoms with van der Waals surface area (Å²) in [6.45, 7) is 0.308. The summed E-state index contributed by atoms with van der Waals surface area (Å²) in [5, 5.41) is 10.9. The molecule has 0 bridgehead atoms. The van der Waals surface area contributed by atoms with Gasteiger partial charge in [-0.05, 0) is 17.7 Å². The largest absolute Gasteiger partial charge is 0.619 e. The summed E-state index contributed by atoms with van der Waals surface area (Å²) in [7, 11) is 1.63. The Balaban J connectivity index is 2.09. The first-order valence-electron chi connectivity index (χ1n) is 5.75. The fourth-order valence-electron chi connectivity index (χ4n) is 1.76. The number of pyridine rings is 1. The first-order chi connectivity index (χ1) is 9.06. The van der Waals surface area contributed by atoms with Gasteiger partial charge in [-0.2, -0.15) is 4.73 Å². The second-order valence-electron chi connectivity index (χ2n) is 4.24.